The van der Waals surface area contributed by atoms with Gasteiger partial charge in [-0.3, -0.25) is 9.59 Å². The van der Waals surface area contributed by atoms with Crippen molar-refractivity contribution in [2.45, 2.75) is 19.2 Å². The number of halogens is 1. The molecule has 0 radical (unpaired) electrons. The maximum absolute atomic E-state index is 12.1. The number of primary amides is 2. The highest BCUT2D eigenvalue weighted by Gasteiger charge is 2.21. The lowest BCUT2D eigenvalue weighted by Crippen LogP contribution is -2.00. The minimum Gasteiger partial charge on any atom is -0.440 e. The third-order valence-electron chi connectivity index (χ3n) is 3.38. The minimum atomic E-state index is -3.38. The molecule has 6 N–H and O–H groups in total. The first kappa shape index (κ1) is 32.7. The molecule has 1 heterocycles. The number of sulfone groups is 1. The fourth-order valence-corrected chi connectivity index (χ4v) is 3.41. The van der Waals surface area contributed by atoms with Crippen LogP contribution in [0.1, 0.15) is 13.3 Å². The van der Waals surface area contributed by atoms with E-state index in [1.165, 1.54) is 6.26 Å². The van der Waals surface area contributed by atoms with Crippen molar-refractivity contribution in [1.29, 1.82) is 0 Å². The molecular formula is C20H26ClN3O6S3. The van der Waals surface area contributed by atoms with E-state index >= 15 is 0 Å². The van der Waals surface area contributed by atoms with Crippen LogP contribution in [0.2, 0.25) is 5.02 Å². The van der Waals surface area contributed by atoms with Crippen molar-refractivity contribution in [3.05, 3.63) is 59.4 Å². The van der Waals surface area contributed by atoms with E-state index in [1.807, 2.05) is 12.1 Å². The van der Waals surface area contributed by atoms with Gasteiger partial charge < -0.3 is 21.4 Å². The Kier molecular flexibility index (Phi) is 14.5. The summed E-state index contributed by atoms with van der Waals surface area (Å²) >= 11 is 12.1. The van der Waals surface area contributed by atoms with Crippen molar-refractivity contribution in [1.82, 2.24) is 4.98 Å². The minimum absolute atomic E-state index is 0. The van der Waals surface area contributed by atoms with Crippen LogP contribution in [0.15, 0.2) is 57.8 Å². The Labute approximate surface area is 208 Å². The summed E-state index contributed by atoms with van der Waals surface area (Å²) in [6, 6.07) is 13.9. The molecule has 9 nitrogen and oxygen atoms in total. The smallest absolute Gasteiger partial charge is 0.273 e. The lowest BCUT2D eigenvalue weighted by atomic mass is 10.1. The Morgan fingerprint density at radius 3 is 1.91 bits per heavy atom. The Balaban J connectivity index is 0. The number of aryl methyl sites for hydroxylation is 1. The van der Waals surface area contributed by atoms with E-state index in [1.54, 1.807) is 43.3 Å². The average Bonchev–Trinajstić information content (AvgIpc) is 3.02. The van der Waals surface area contributed by atoms with E-state index in [4.69, 9.17) is 25.6 Å². The van der Waals surface area contributed by atoms with E-state index < -0.39 is 20.3 Å². The second kappa shape index (κ2) is 14.6. The number of nitrogens with zero attached hydrogens (tertiary/aromatic N) is 1. The highest BCUT2D eigenvalue weighted by molar-refractivity contribution is 7.96. The average molecular weight is 536 g/mol. The van der Waals surface area contributed by atoms with Crippen molar-refractivity contribution < 1.29 is 27.9 Å². The zero-order valence-corrected chi connectivity index (χ0v) is 20.3. The third kappa shape index (κ3) is 11.3. The molecule has 0 fully saturated rings. The Bertz CT molecular complexity index is 1150. The first-order valence-electron chi connectivity index (χ1n) is 8.32. The number of hydrogen-bond donors (Lipinski definition) is 4. The second-order valence-corrected chi connectivity index (χ2v) is 9.16. The van der Waals surface area contributed by atoms with Crippen molar-refractivity contribution in [2.75, 3.05) is 6.26 Å². The van der Waals surface area contributed by atoms with Crippen LogP contribution in [-0.4, -0.2) is 35.6 Å². The van der Waals surface area contributed by atoms with Gasteiger partial charge in [0, 0.05) is 29.3 Å². The Hall–Kier alpha value is -2.51. The van der Waals surface area contributed by atoms with E-state index in [-0.39, 0.29) is 17.8 Å². The number of thiol groups is 2. The summed E-state index contributed by atoms with van der Waals surface area (Å²) in [4.78, 5) is 22.8. The molecule has 1 aromatic heterocycles. The zero-order chi connectivity index (χ0) is 23.8. The molecule has 0 unspecified atom stereocenters. The van der Waals surface area contributed by atoms with E-state index in [0.717, 1.165) is 5.56 Å². The normalized spacial score (nSPS) is 9.61. The molecule has 2 amide bonds. The number of hydrogen-bond acceptors (Lipinski definition) is 6. The maximum Gasteiger partial charge on any atom is 0.273 e. The topological polar surface area (TPSA) is 178 Å². The lowest BCUT2D eigenvalue weighted by molar-refractivity contribution is 0.266. The monoisotopic (exact) mass is 535 g/mol. The van der Waals surface area contributed by atoms with Crippen molar-refractivity contribution in [2.24, 2.45) is 11.5 Å². The highest BCUT2D eigenvalue weighted by atomic mass is 35.5. The highest BCUT2D eigenvalue weighted by Crippen LogP contribution is 2.36. The van der Waals surface area contributed by atoms with Crippen LogP contribution in [0.3, 0.4) is 0 Å². The predicted molar refractivity (Wildman–Crippen MR) is 138 cm³/mol. The van der Waals surface area contributed by atoms with E-state index in [0.29, 0.717) is 27.9 Å². The summed E-state index contributed by atoms with van der Waals surface area (Å²) < 4.78 is 29.8. The summed E-state index contributed by atoms with van der Waals surface area (Å²) in [5.41, 5.74) is 10.5. The molecule has 13 heteroatoms. The summed E-state index contributed by atoms with van der Waals surface area (Å²) in [5, 5.41) is -0.664. The number of nitrogens with two attached hydrogens (primary N) is 2. The van der Waals surface area contributed by atoms with E-state index in [9.17, 15) is 8.42 Å². The third-order valence-corrected chi connectivity index (χ3v) is 4.79. The van der Waals surface area contributed by atoms with Gasteiger partial charge in [0.05, 0.1) is 4.90 Å². The van der Waals surface area contributed by atoms with Gasteiger partial charge in [0.1, 0.15) is 5.69 Å². The SMILES string of the molecule is C.Cc1nc(-c2ccccc2S(C)(=O)=O)c(-c2ccc(Cl)cc2)o1.NC(=O)S.NC(=O)S.O. The lowest BCUT2D eigenvalue weighted by Gasteiger charge is -2.07. The summed E-state index contributed by atoms with van der Waals surface area (Å²) in [6.07, 6.45) is 1.18. The number of benzene rings is 2. The van der Waals surface area contributed by atoms with Crippen molar-refractivity contribution in [3.63, 3.8) is 0 Å². The van der Waals surface area contributed by atoms with Crippen LogP contribution >= 0.6 is 36.9 Å². The Morgan fingerprint density at radius 1 is 1.00 bits per heavy atom. The molecule has 0 spiro atoms. The molecule has 0 bridgehead atoms. The standard InChI is InChI=1S/C17H14ClNO3S.2CH3NOS.CH4.H2O/c1-11-19-16(14-5-3-4-6-15(14)23(2,20)21)17(22-11)12-7-9-13(18)10-8-12;2*2-1(3)4;;/h3-10H,1-2H3;2*(H3,2,3,4);1H4;1H2. The van der Waals surface area contributed by atoms with Crippen LogP contribution < -0.4 is 11.5 Å². The molecule has 3 rings (SSSR count). The molecule has 0 saturated carbocycles. The molecule has 33 heavy (non-hydrogen) atoms. The Morgan fingerprint density at radius 2 is 1.45 bits per heavy atom. The van der Waals surface area contributed by atoms with Gasteiger partial charge in [0.15, 0.2) is 21.5 Å². The molecule has 0 saturated heterocycles. The zero-order valence-electron chi connectivity index (χ0n) is 16.9. The molecule has 182 valence electrons. The van der Waals surface area contributed by atoms with Crippen LogP contribution in [0.5, 0.6) is 0 Å². The van der Waals surface area contributed by atoms with Gasteiger partial charge in [0.25, 0.3) is 10.5 Å². The molecular weight excluding hydrogens is 510 g/mol. The summed E-state index contributed by atoms with van der Waals surface area (Å²) in [7, 11) is -3.38. The summed E-state index contributed by atoms with van der Waals surface area (Å²) in [5.74, 6) is 0.989. The van der Waals surface area contributed by atoms with Crippen LogP contribution in [-0.2, 0) is 9.84 Å². The predicted octanol–water partition coefficient (Wildman–Crippen LogP) is 4.18. The van der Waals surface area contributed by atoms with Gasteiger partial charge in [-0.2, -0.15) is 0 Å². The van der Waals surface area contributed by atoms with Gasteiger partial charge in [-0.15, -0.1) is 0 Å². The first-order chi connectivity index (χ1) is 14.3. The quantitative estimate of drug-likeness (QED) is 0.365. The molecule has 0 aliphatic heterocycles. The number of carbonyl (C=O) groups excluding carboxylic acids is 2. The first-order valence-corrected chi connectivity index (χ1v) is 11.5. The van der Waals surface area contributed by atoms with Gasteiger partial charge >= 0.3 is 0 Å². The maximum atomic E-state index is 12.1. The molecule has 0 aliphatic carbocycles. The van der Waals surface area contributed by atoms with Crippen LogP contribution in [0.4, 0.5) is 9.59 Å². The largest absolute Gasteiger partial charge is 0.440 e. The number of carbonyl (C=O) groups is 2. The van der Waals surface area contributed by atoms with Gasteiger partial charge in [0.2, 0.25) is 0 Å². The molecule has 0 atom stereocenters. The number of aromatic nitrogens is 1. The molecule has 2 aromatic carbocycles. The van der Waals surface area contributed by atoms with Gasteiger partial charge in [-0.25, -0.2) is 13.4 Å². The van der Waals surface area contributed by atoms with Gasteiger partial charge in [-0.1, -0.05) is 62.5 Å². The fourth-order valence-electron chi connectivity index (χ4n) is 2.39. The summed E-state index contributed by atoms with van der Waals surface area (Å²) in [6.45, 7) is 1.73. The van der Waals surface area contributed by atoms with Crippen molar-refractivity contribution >= 4 is 57.2 Å². The van der Waals surface area contributed by atoms with Gasteiger partial charge in [-0.05, 0) is 30.3 Å². The van der Waals surface area contributed by atoms with Crippen LogP contribution in [0.25, 0.3) is 22.6 Å². The van der Waals surface area contributed by atoms with Crippen LogP contribution in [0, 0.1) is 6.92 Å². The molecule has 3 aromatic rings. The fraction of sp³-hybridized carbons (Fsp3) is 0.150. The number of oxazole rings is 1. The van der Waals surface area contributed by atoms with E-state index in [2.05, 4.69) is 41.7 Å². The number of amides is 2. The molecule has 0 aliphatic rings. The number of rotatable bonds is 3. The van der Waals surface area contributed by atoms with Crippen molar-refractivity contribution in [3.8, 4) is 22.6 Å². The second-order valence-electron chi connectivity index (χ2n) is 5.86.